The third-order valence-electron chi connectivity index (χ3n) is 3.40. The Labute approximate surface area is 123 Å². The molecule has 0 radical (unpaired) electrons. The molecule has 2 aromatic carbocycles. The van der Waals surface area contributed by atoms with E-state index in [9.17, 15) is 4.79 Å². The summed E-state index contributed by atoms with van der Waals surface area (Å²) in [6, 6.07) is 20.3. The van der Waals surface area contributed by atoms with Crippen LogP contribution in [0.4, 0.5) is 0 Å². The molecular weight excluding hydrogens is 264 g/mol. The number of benzene rings is 2. The minimum Gasteiger partial charge on any atom is -0.326 e. The summed E-state index contributed by atoms with van der Waals surface area (Å²) >= 11 is 0. The molecule has 2 aromatic rings. The molecule has 1 aliphatic rings. The van der Waals surface area contributed by atoms with E-state index in [1.165, 1.54) is 0 Å². The monoisotopic (exact) mass is 282 g/mol. The SMILES string of the molecule is O=C1CNNC(NC(c2ccccc2)c2ccccc2)N1. The lowest BCUT2D eigenvalue weighted by molar-refractivity contribution is -0.123. The largest absolute Gasteiger partial charge is 0.326 e. The van der Waals surface area contributed by atoms with Crippen molar-refractivity contribution in [3.05, 3.63) is 71.8 Å². The summed E-state index contributed by atoms with van der Waals surface area (Å²) in [5.74, 6) is -0.0360. The van der Waals surface area contributed by atoms with Gasteiger partial charge in [-0.05, 0) is 11.1 Å². The third kappa shape index (κ3) is 3.46. The Bertz CT molecular complexity index is 548. The van der Waals surface area contributed by atoms with E-state index in [0.717, 1.165) is 11.1 Å². The first kappa shape index (κ1) is 13.8. The van der Waals surface area contributed by atoms with Crippen LogP contribution in [0.3, 0.4) is 0 Å². The van der Waals surface area contributed by atoms with Gasteiger partial charge in [0.25, 0.3) is 0 Å². The second kappa shape index (κ2) is 6.49. The van der Waals surface area contributed by atoms with Crippen LogP contribution in [0.15, 0.2) is 60.7 Å². The van der Waals surface area contributed by atoms with Crippen molar-refractivity contribution in [2.24, 2.45) is 0 Å². The predicted octanol–water partition coefficient (Wildman–Crippen LogP) is 0.873. The van der Waals surface area contributed by atoms with Gasteiger partial charge in [0.1, 0.15) is 6.29 Å². The Morgan fingerprint density at radius 1 is 0.952 bits per heavy atom. The summed E-state index contributed by atoms with van der Waals surface area (Å²) in [6.45, 7) is 0.277. The molecule has 0 bridgehead atoms. The van der Waals surface area contributed by atoms with E-state index in [0.29, 0.717) is 0 Å². The molecule has 3 rings (SSSR count). The number of rotatable bonds is 4. The van der Waals surface area contributed by atoms with Crippen molar-refractivity contribution in [1.29, 1.82) is 0 Å². The van der Waals surface area contributed by atoms with Gasteiger partial charge in [0.05, 0.1) is 12.6 Å². The molecule has 1 saturated heterocycles. The minimum atomic E-state index is -0.323. The molecule has 5 heteroatoms. The number of carbonyl (C=O) groups is 1. The van der Waals surface area contributed by atoms with E-state index in [2.05, 4.69) is 45.8 Å². The summed E-state index contributed by atoms with van der Waals surface area (Å²) in [6.07, 6.45) is -0.323. The Morgan fingerprint density at radius 2 is 1.52 bits per heavy atom. The van der Waals surface area contributed by atoms with E-state index in [-0.39, 0.29) is 24.8 Å². The summed E-state index contributed by atoms with van der Waals surface area (Å²) < 4.78 is 0. The van der Waals surface area contributed by atoms with Gasteiger partial charge >= 0.3 is 0 Å². The van der Waals surface area contributed by atoms with Crippen LogP contribution in [0.25, 0.3) is 0 Å². The van der Waals surface area contributed by atoms with E-state index in [1.807, 2.05) is 36.4 Å². The molecule has 0 aliphatic carbocycles. The zero-order valence-corrected chi connectivity index (χ0v) is 11.5. The van der Waals surface area contributed by atoms with Crippen molar-refractivity contribution >= 4 is 5.91 Å². The van der Waals surface area contributed by atoms with Gasteiger partial charge in [-0.25, -0.2) is 10.9 Å². The highest BCUT2D eigenvalue weighted by Crippen LogP contribution is 2.21. The van der Waals surface area contributed by atoms with Crippen molar-refractivity contribution in [2.75, 3.05) is 6.54 Å². The van der Waals surface area contributed by atoms with Gasteiger partial charge < -0.3 is 5.32 Å². The molecule has 0 saturated carbocycles. The smallest absolute Gasteiger partial charge is 0.237 e. The maximum Gasteiger partial charge on any atom is 0.237 e. The van der Waals surface area contributed by atoms with Crippen molar-refractivity contribution in [3.8, 4) is 0 Å². The van der Waals surface area contributed by atoms with Gasteiger partial charge in [-0.2, -0.15) is 0 Å². The van der Waals surface area contributed by atoms with E-state index < -0.39 is 0 Å². The highest BCUT2D eigenvalue weighted by atomic mass is 16.2. The fourth-order valence-electron chi connectivity index (χ4n) is 2.41. The molecule has 108 valence electrons. The molecule has 21 heavy (non-hydrogen) atoms. The van der Waals surface area contributed by atoms with Gasteiger partial charge in [-0.1, -0.05) is 60.7 Å². The topological polar surface area (TPSA) is 65.2 Å². The normalized spacial score (nSPS) is 18.5. The molecule has 1 amide bonds. The summed E-state index contributed by atoms with van der Waals surface area (Å²) in [4.78, 5) is 11.5. The lowest BCUT2D eigenvalue weighted by Gasteiger charge is -2.31. The molecular formula is C16H18N4O. The first-order valence-corrected chi connectivity index (χ1v) is 6.96. The fraction of sp³-hybridized carbons (Fsp3) is 0.188. The lowest BCUT2D eigenvalue weighted by Crippen LogP contribution is -2.66. The number of hydrogen-bond donors (Lipinski definition) is 4. The average Bonchev–Trinajstić information content (AvgIpc) is 2.54. The zero-order valence-electron chi connectivity index (χ0n) is 11.5. The highest BCUT2D eigenvalue weighted by Gasteiger charge is 2.22. The van der Waals surface area contributed by atoms with Gasteiger partial charge in [0.2, 0.25) is 5.91 Å². The van der Waals surface area contributed by atoms with Gasteiger partial charge in [-0.3, -0.25) is 10.1 Å². The second-order valence-corrected chi connectivity index (χ2v) is 4.92. The first-order valence-electron chi connectivity index (χ1n) is 6.96. The minimum absolute atomic E-state index is 0.00917. The number of hydrazine groups is 1. The van der Waals surface area contributed by atoms with E-state index in [1.54, 1.807) is 0 Å². The van der Waals surface area contributed by atoms with Crippen molar-refractivity contribution in [2.45, 2.75) is 12.3 Å². The van der Waals surface area contributed by atoms with Gasteiger partial charge in [0.15, 0.2) is 0 Å². The number of amides is 1. The number of hydrogen-bond acceptors (Lipinski definition) is 4. The molecule has 4 N–H and O–H groups in total. The van der Waals surface area contributed by atoms with Crippen molar-refractivity contribution < 1.29 is 4.79 Å². The molecule has 5 nitrogen and oxygen atoms in total. The molecule has 1 atom stereocenters. The molecule has 1 unspecified atom stereocenters. The summed E-state index contributed by atoms with van der Waals surface area (Å²) in [5, 5.41) is 6.28. The van der Waals surface area contributed by atoms with Gasteiger partial charge in [0, 0.05) is 0 Å². The van der Waals surface area contributed by atoms with Crippen molar-refractivity contribution in [3.63, 3.8) is 0 Å². The van der Waals surface area contributed by atoms with Crippen LogP contribution in [-0.2, 0) is 4.79 Å². The van der Waals surface area contributed by atoms with Crippen LogP contribution in [0.2, 0.25) is 0 Å². The maximum atomic E-state index is 11.5. The first-order chi connectivity index (χ1) is 10.3. The molecule has 0 aromatic heterocycles. The summed E-state index contributed by atoms with van der Waals surface area (Å²) in [5.41, 5.74) is 8.18. The van der Waals surface area contributed by atoms with Crippen LogP contribution in [-0.4, -0.2) is 18.7 Å². The Balaban J connectivity index is 1.84. The molecule has 1 heterocycles. The Hall–Kier alpha value is -2.21. The van der Waals surface area contributed by atoms with Crippen LogP contribution >= 0.6 is 0 Å². The molecule has 1 aliphatic heterocycles. The van der Waals surface area contributed by atoms with Gasteiger partial charge in [-0.15, -0.1) is 0 Å². The highest BCUT2D eigenvalue weighted by molar-refractivity contribution is 5.78. The number of carbonyl (C=O) groups excluding carboxylic acids is 1. The quantitative estimate of drug-likeness (QED) is 0.672. The Kier molecular flexibility index (Phi) is 4.25. The van der Waals surface area contributed by atoms with E-state index in [4.69, 9.17) is 0 Å². The average molecular weight is 282 g/mol. The van der Waals surface area contributed by atoms with Crippen LogP contribution in [0, 0.1) is 0 Å². The molecule has 0 spiro atoms. The van der Waals surface area contributed by atoms with Crippen LogP contribution in [0.1, 0.15) is 17.2 Å². The molecule has 1 fully saturated rings. The predicted molar refractivity (Wildman–Crippen MR) is 80.9 cm³/mol. The van der Waals surface area contributed by atoms with Crippen LogP contribution in [0.5, 0.6) is 0 Å². The fourth-order valence-corrected chi connectivity index (χ4v) is 2.41. The summed E-state index contributed by atoms with van der Waals surface area (Å²) in [7, 11) is 0. The number of nitrogens with one attached hydrogen (secondary N) is 4. The lowest BCUT2D eigenvalue weighted by atomic mass is 9.99. The third-order valence-corrected chi connectivity index (χ3v) is 3.40. The second-order valence-electron chi connectivity index (χ2n) is 4.92. The van der Waals surface area contributed by atoms with Crippen molar-refractivity contribution in [1.82, 2.24) is 21.5 Å². The maximum absolute atomic E-state index is 11.5. The van der Waals surface area contributed by atoms with E-state index >= 15 is 0 Å². The Morgan fingerprint density at radius 3 is 2.05 bits per heavy atom. The standard InChI is InChI=1S/C16H18N4O/c21-14-11-17-20-16(18-14)19-15(12-7-3-1-4-8-12)13-9-5-2-6-10-13/h1-10,15-17,19-20H,11H2,(H,18,21). The zero-order chi connectivity index (χ0) is 14.5. The van der Waals surface area contributed by atoms with Crippen LogP contribution < -0.4 is 21.5 Å².